The molecule has 0 saturated heterocycles. The van der Waals surface area contributed by atoms with Gasteiger partial charge in [0.05, 0.1) is 6.04 Å². The molecule has 1 aliphatic rings. The predicted molar refractivity (Wildman–Crippen MR) is 61.1 cm³/mol. The minimum absolute atomic E-state index is 0.278. The number of imidazole rings is 1. The Kier molecular flexibility index (Phi) is 2.11. The highest BCUT2D eigenvalue weighted by Crippen LogP contribution is 2.30. The summed E-state index contributed by atoms with van der Waals surface area (Å²) in [5, 5.41) is 5.70. The topological polar surface area (TPSA) is 29.9 Å². The Morgan fingerprint density at radius 2 is 2.53 bits per heavy atom. The summed E-state index contributed by atoms with van der Waals surface area (Å²) < 4.78 is 2.09. The molecule has 0 fully saturated rings. The average molecular weight is 219 g/mol. The van der Waals surface area contributed by atoms with Crippen LogP contribution in [0.5, 0.6) is 0 Å². The van der Waals surface area contributed by atoms with Crippen molar-refractivity contribution in [3.05, 3.63) is 40.1 Å². The van der Waals surface area contributed by atoms with Crippen molar-refractivity contribution in [1.29, 1.82) is 0 Å². The first-order valence-corrected chi connectivity index (χ1v) is 6.01. The minimum atomic E-state index is 0.278. The molecule has 1 aliphatic heterocycles. The molecule has 0 spiro atoms. The molecule has 2 aromatic heterocycles. The Labute approximate surface area is 92.8 Å². The van der Waals surface area contributed by atoms with Gasteiger partial charge in [0, 0.05) is 30.9 Å². The number of nitrogens with one attached hydrogen (secondary N) is 1. The van der Waals surface area contributed by atoms with E-state index in [4.69, 9.17) is 0 Å². The van der Waals surface area contributed by atoms with E-state index in [9.17, 15) is 0 Å². The molecule has 1 atom stereocenters. The lowest BCUT2D eigenvalue weighted by Crippen LogP contribution is -2.31. The molecule has 1 unspecified atom stereocenters. The minimum Gasteiger partial charge on any atom is -0.336 e. The second-order valence-corrected chi connectivity index (χ2v) is 4.83. The van der Waals surface area contributed by atoms with Gasteiger partial charge in [0.1, 0.15) is 5.82 Å². The summed E-state index contributed by atoms with van der Waals surface area (Å²) in [6.07, 6.45) is 5.00. The summed E-state index contributed by atoms with van der Waals surface area (Å²) in [6, 6.07) is 2.49. The molecule has 0 radical (unpaired) electrons. The zero-order valence-electron chi connectivity index (χ0n) is 8.60. The predicted octanol–water partition coefficient (Wildman–Crippen LogP) is 1.72. The molecular formula is C11H13N3S. The summed E-state index contributed by atoms with van der Waals surface area (Å²) >= 11 is 1.86. The molecule has 3 rings (SSSR count). The first-order chi connectivity index (χ1) is 7.36. The summed E-state index contributed by atoms with van der Waals surface area (Å²) in [5.41, 5.74) is 1.40. The largest absolute Gasteiger partial charge is 0.336 e. The second kappa shape index (κ2) is 3.47. The third-order valence-electron chi connectivity index (χ3n) is 2.91. The number of aromatic nitrogens is 2. The van der Waals surface area contributed by atoms with E-state index in [1.54, 1.807) is 0 Å². The van der Waals surface area contributed by atoms with E-state index in [-0.39, 0.29) is 6.04 Å². The van der Waals surface area contributed by atoms with E-state index in [1.807, 2.05) is 30.8 Å². The zero-order chi connectivity index (χ0) is 10.3. The van der Waals surface area contributed by atoms with E-state index in [0.29, 0.717) is 0 Å². The maximum atomic E-state index is 4.42. The van der Waals surface area contributed by atoms with E-state index in [2.05, 4.69) is 26.3 Å². The van der Waals surface area contributed by atoms with Crippen molar-refractivity contribution in [2.75, 3.05) is 6.54 Å². The fourth-order valence-electron chi connectivity index (χ4n) is 2.14. The molecule has 15 heavy (non-hydrogen) atoms. The molecule has 0 saturated carbocycles. The van der Waals surface area contributed by atoms with Gasteiger partial charge in [0.25, 0.3) is 0 Å². The van der Waals surface area contributed by atoms with Gasteiger partial charge in [-0.2, -0.15) is 0 Å². The molecule has 3 nitrogen and oxygen atoms in total. The number of hydrogen-bond donors (Lipinski definition) is 1. The van der Waals surface area contributed by atoms with E-state index in [0.717, 1.165) is 18.8 Å². The van der Waals surface area contributed by atoms with Crippen molar-refractivity contribution in [3.8, 4) is 0 Å². The third-order valence-corrected chi connectivity index (χ3v) is 3.90. The van der Waals surface area contributed by atoms with Crippen LogP contribution in [0.3, 0.4) is 0 Å². The average Bonchev–Trinajstić information content (AvgIpc) is 2.85. The highest BCUT2D eigenvalue weighted by Gasteiger charge is 2.24. The van der Waals surface area contributed by atoms with Gasteiger partial charge in [-0.1, -0.05) is 0 Å². The van der Waals surface area contributed by atoms with Gasteiger partial charge in [0.2, 0.25) is 0 Å². The van der Waals surface area contributed by atoms with Gasteiger partial charge in [-0.15, -0.1) is 11.3 Å². The molecule has 4 heteroatoms. The van der Waals surface area contributed by atoms with Crippen molar-refractivity contribution in [2.24, 2.45) is 7.05 Å². The smallest absolute Gasteiger partial charge is 0.130 e. The van der Waals surface area contributed by atoms with Crippen molar-refractivity contribution in [1.82, 2.24) is 14.9 Å². The lowest BCUT2D eigenvalue weighted by atomic mass is 10.0. The maximum absolute atomic E-state index is 4.42. The Balaban J connectivity index is 2.07. The van der Waals surface area contributed by atoms with Crippen molar-refractivity contribution in [3.63, 3.8) is 0 Å². The van der Waals surface area contributed by atoms with Crippen molar-refractivity contribution < 1.29 is 0 Å². The highest BCUT2D eigenvalue weighted by atomic mass is 32.1. The lowest BCUT2D eigenvalue weighted by molar-refractivity contribution is 0.535. The van der Waals surface area contributed by atoms with Crippen molar-refractivity contribution in [2.45, 2.75) is 12.5 Å². The molecular weight excluding hydrogens is 206 g/mol. The van der Waals surface area contributed by atoms with Gasteiger partial charge >= 0.3 is 0 Å². The van der Waals surface area contributed by atoms with Crippen LogP contribution in [0.25, 0.3) is 0 Å². The number of aryl methyl sites for hydroxylation is 1. The number of fused-ring (bicyclic) bond motifs is 1. The standard InChI is InChI=1S/C11H13N3S/c1-14-6-5-13-11(14)10-8-3-7-15-9(8)2-4-12-10/h3,5-7,10,12H,2,4H2,1H3. The van der Waals surface area contributed by atoms with Crippen LogP contribution in [0.2, 0.25) is 0 Å². The first kappa shape index (κ1) is 9.12. The Morgan fingerprint density at radius 1 is 1.60 bits per heavy atom. The van der Waals surface area contributed by atoms with Crippen LogP contribution >= 0.6 is 11.3 Å². The Bertz CT molecular complexity index is 472. The van der Waals surface area contributed by atoms with Gasteiger partial charge in [-0.3, -0.25) is 0 Å². The van der Waals surface area contributed by atoms with E-state index in [1.165, 1.54) is 10.4 Å². The molecule has 2 aromatic rings. The molecule has 0 amide bonds. The van der Waals surface area contributed by atoms with Crippen LogP contribution in [0.1, 0.15) is 22.3 Å². The van der Waals surface area contributed by atoms with Gasteiger partial charge in [-0.05, 0) is 23.4 Å². The van der Waals surface area contributed by atoms with Crippen LogP contribution in [0.15, 0.2) is 23.8 Å². The van der Waals surface area contributed by atoms with Gasteiger partial charge in [0.15, 0.2) is 0 Å². The second-order valence-electron chi connectivity index (χ2n) is 3.83. The fraction of sp³-hybridized carbons (Fsp3) is 0.364. The Morgan fingerprint density at radius 3 is 3.33 bits per heavy atom. The van der Waals surface area contributed by atoms with E-state index < -0.39 is 0 Å². The van der Waals surface area contributed by atoms with Crippen LogP contribution in [-0.4, -0.2) is 16.1 Å². The normalized spacial score (nSPS) is 20.2. The summed E-state index contributed by atoms with van der Waals surface area (Å²) in [7, 11) is 2.05. The van der Waals surface area contributed by atoms with Crippen LogP contribution < -0.4 is 5.32 Å². The first-order valence-electron chi connectivity index (χ1n) is 5.13. The molecule has 78 valence electrons. The maximum Gasteiger partial charge on any atom is 0.130 e. The van der Waals surface area contributed by atoms with E-state index >= 15 is 0 Å². The molecule has 3 heterocycles. The third kappa shape index (κ3) is 1.41. The van der Waals surface area contributed by atoms with Crippen LogP contribution in [0.4, 0.5) is 0 Å². The SMILES string of the molecule is Cn1ccnc1C1NCCc2sccc21. The summed E-state index contributed by atoms with van der Waals surface area (Å²) in [4.78, 5) is 5.92. The zero-order valence-corrected chi connectivity index (χ0v) is 9.42. The highest BCUT2D eigenvalue weighted by molar-refractivity contribution is 7.10. The van der Waals surface area contributed by atoms with Gasteiger partial charge in [-0.25, -0.2) is 4.98 Å². The molecule has 0 aliphatic carbocycles. The molecule has 1 N–H and O–H groups in total. The Hall–Kier alpha value is -1.13. The summed E-state index contributed by atoms with van der Waals surface area (Å²) in [5.74, 6) is 1.11. The monoisotopic (exact) mass is 219 g/mol. The molecule has 0 aromatic carbocycles. The molecule has 0 bridgehead atoms. The number of thiophene rings is 1. The number of nitrogens with zero attached hydrogens (tertiary/aromatic N) is 2. The van der Waals surface area contributed by atoms with Crippen LogP contribution in [0, 0.1) is 0 Å². The fourth-order valence-corrected chi connectivity index (χ4v) is 3.06. The van der Waals surface area contributed by atoms with Crippen LogP contribution in [-0.2, 0) is 13.5 Å². The summed E-state index contributed by atoms with van der Waals surface area (Å²) in [6.45, 7) is 1.05. The van der Waals surface area contributed by atoms with Crippen molar-refractivity contribution >= 4 is 11.3 Å². The number of hydrogen-bond acceptors (Lipinski definition) is 3. The quantitative estimate of drug-likeness (QED) is 0.791. The lowest BCUT2D eigenvalue weighted by Gasteiger charge is -2.23. The van der Waals surface area contributed by atoms with Gasteiger partial charge < -0.3 is 9.88 Å². The number of rotatable bonds is 1.